The third kappa shape index (κ3) is 12.1. The van der Waals surface area contributed by atoms with Gasteiger partial charge in [-0.25, -0.2) is 14.4 Å². The second-order valence-electron chi connectivity index (χ2n) is 6.12. The zero-order chi connectivity index (χ0) is 24.7. The number of aliphatic carboxylic acids is 2. The molecule has 2 aliphatic heterocycles. The van der Waals surface area contributed by atoms with Crippen LogP contribution in [0.5, 0.6) is 0 Å². The van der Waals surface area contributed by atoms with E-state index in [-0.39, 0.29) is 65.6 Å². The summed E-state index contributed by atoms with van der Waals surface area (Å²) in [5.74, 6) is -8.01. The predicted molar refractivity (Wildman–Crippen MR) is 107 cm³/mol. The Hall–Kier alpha value is -2.48. The largest absolute Gasteiger partial charge is 0.550 e. The van der Waals surface area contributed by atoms with E-state index in [4.69, 9.17) is 9.84 Å². The molecule has 22 nitrogen and oxygen atoms in total. The van der Waals surface area contributed by atoms with Crippen LogP contribution in [-0.2, 0) is 89.9 Å². The van der Waals surface area contributed by atoms with Gasteiger partial charge in [0.25, 0.3) is 0 Å². The summed E-state index contributed by atoms with van der Waals surface area (Å²) in [5.41, 5.74) is -4.57. The molecule has 0 amide bonds. The fraction of sp³-hybridized carbons (Fsp3) is 0.625. The number of aliphatic hydroxyl groups is 2. The molecule has 0 bridgehead atoms. The maximum Gasteiger partial charge on any atom is 0.344 e. The smallest absolute Gasteiger partial charge is 0.344 e. The molecule has 1 radical (unpaired) electrons. The molecule has 0 spiro atoms. The van der Waals surface area contributed by atoms with Crippen molar-refractivity contribution in [3.63, 3.8) is 0 Å². The second kappa shape index (κ2) is 22.4. The van der Waals surface area contributed by atoms with Gasteiger partial charge in [0.1, 0.15) is 6.10 Å². The number of hydrogen-bond acceptors (Lipinski definition) is 16. The monoisotopic (exact) mass is 663 g/mol. The number of carbonyl (C=O) groups excluding carboxylic acids is 6. The number of hydrogen-bond donors (Lipinski definition) is 2. The summed E-state index contributed by atoms with van der Waals surface area (Å²) in [6, 6.07) is 0. The molecule has 0 aromatic heterocycles. The van der Waals surface area contributed by atoms with Gasteiger partial charge in [0.05, 0.1) is 26.6 Å². The van der Waals surface area contributed by atoms with Crippen LogP contribution in [0.25, 0.3) is 0 Å². The van der Waals surface area contributed by atoms with Crippen LogP contribution in [0.2, 0.25) is 0 Å². The summed E-state index contributed by atoms with van der Waals surface area (Å²) in [6.45, 7) is -1.08. The van der Waals surface area contributed by atoms with Crippen molar-refractivity contribution in [3.8, 4) is 0 Å². The van der Waals surface area contributed by atoms with Gasteiger partial charge in [-0.2, -0.15) is 0 Å². The Kier molecular flexibility index (Phi) is 30.3. The summed E-state index contributed by atoms with van der Waals surface area (Å²) in [4.78, 5) is 65.6. The Bertz CT molecular complexity index is 788. The topological polar surface area (TPSA) is 433 Å². The summed E-state index contributed by atoms with van der Waals surface area (Å²) in [5, 5.41) is 39.5. The minimum atomic E-state index is -2.47. The van der Waals surface area contributed by atoms with Crippen molar-refractivity contribution < 1.29 is 143 Å². The molecular weight excluding hydrogens is 633 g/mol. The minimum Gasteiger partial charge on any atom is -0.550 e. The van der Waals surface area contributed by atoms with Crippen molar-refractivity contribution in [2.45, 2.75) is 36.3 Å². The predicted octanol–water partition coefficient (Wildman–Crippen LogP) is -11.1. The van der Waals surface area contributed by atoms with E-state index in [1.807, 2.05) is 0 Å². The fourth-order valence-corrected chi connectivity index (χ4v) is 2.55. The molecule has 2 aliphatic rings. The fourth-order valence-electron chi connectivity index (χ4n) is 2.55. The molecule has 4 atom stereocenters. The molecule has 0 aromatic rings. The molecule has 4 unspecified atom stereocenters. The number of aliphatic hydroxyl groups excluding tert-OH is 2. The Morgan fingerprint density at radius 2 is 1.18 bits per heavy atom. The number of carboxylic acids is 2. The van der Waals surface area contributed by atoms with Crippen LogP contribution in [0.15, 0.2) is 0 Å². The number of carboxylic acid groups (broad SMARTS) is 2. The van der Waals surface area contributed by atoms with Crippen LogP contribution < -0.4 is 10.2 Å². The van der Waals surface area contributed by atoms with E-state index in [1.165, 1.54) is 0 Å². The molecule has 23 heteroatoms. The van der Waals surface area contributed by atoms with Crippen molar-refractivity contribution in [1.82, 2.24) is 0 Å². The maximum absolute atomic E-state index is 11.5. The summed E-state index contributed by atoms with van der Waals surface area (Å²) >= 11 is 0. The average molecular weight is 663 g/mol. The first-order valence-corrected chi connectivity index (χ1v) is 8.41. The number of ether oxygens (including phenoxy) is 6. The van der Waals surface area contributed by atoms with Crippen molar-refractivity contribution in [1.29, 1.82) is 0 Å². The SMILES string of the molecule is COC(=O)CC1(C(O)C(=O)OC)OCOC1=O.O.O.O.O.O.O.O=C([O-])CC1(C(O)C(=O)[O-])OCOC1=O.[Y]. The molecule has 2 fully saturated rings. The van der Waals surface area contributed by atoms with Gasteiger partial charge in [-0.15, -0.1) is 0 Å². The number of rotatable bonds is 8. The van der Waals surface area contributed by atoms with Crippen molar-refractivity contribution in [2.24, 2.45) is 0 Å². The molecule has 0 saturated carbocycles. The first-order valence-electron chi connectivity index (χ1n) is 8.41. The Balaban J connectivity index is -0.0000000895. The van der Waals surface area contributed by atoms with Gasteiger partial charge < -0.3 is 91.3 Å². The van der Waals surface area contributed by atoms with Crippen LogP contribution >= 0.6 is 0 Å². The molecule has 2 heterocycles. The number of carbonyl (C=O) groups is 6. The van der Waals surface area contributed by atoms with Crippen LogP contribution in [0.4, 0.5) is 0 Å². The Morgan fingerprint density at radius 3 is 1.44 bits per heavy atom. The molecule has 2 rings (SSSR count). The summed E-state index contributed by atoms with van der Waals surface area (Å²) in [7, 11) is 2.12. The molecule has 231 valence electrons. The van der Waals surface area contributed by atoms with Gasteiger partial charge in [-0.1, -0.05) is 0 Å². The van der Waals surface area contributed by atoms with Gasteiger partial charge in [0.2, 0.25) is 11.2 Å². The van der Waals surface area contributed by atoms with Crippen LogP contribution in [0.3, 0.4) is 0 Å². The Labute approximate surface area is 242 Å². The van der Waals surface area contributed by atoms with E-state index in [1.54, 1.807) is 0 Å². The van der Waals surface area contributed by atoms with E-state index in [0.29, 0.717) is 0 Å². The Morgan fingerprint density at radius 1 is 0.795 bits per heavy atom. The van der Waals surface area contributed by atoms with E-state index in [9.17, 15) is 44.1 Å². The first kappa shape index (κ1) is 52.9. The first-order chi connectivity index (χ1) is 14.9. The van der Waals surface area contributed by atoms with Gasteiger partial charge in [-0.3, -0.25) is 4.79 Å². The third-order valence-corrected chi connectivity index (χ3v) is 4.28. The number of methoxy groups -OCH3 is 2. The normalized spacial score (nSPS) is 21.3. The quantitative estimate of drug-likeness (QED) is 0.180. The minimum absolute atomic E-state index is 0. The zero-order valence-electron chi connectivity index (χ0n) is 20.2. The molecule has 0 aromatic carbocycles. The van der Waals surface area contributed by atoms with E-state index < -0.39 is 85.7 Å². The molecule has 2 saturated heterocycles. The van der Waals surface area contributed by atoms with Crippen LogP contribution in [0.1, 0.15) is 12.8 Å². The summed E-state index contributed by atoms with van der Waals surface area (Å²) in [6.07, 6.45) is -6.15. The molecule has 0 aliphatic carbocycles. The van der Waals surface area contributed by atoms with Crippen molar-refractivity contribution in [3.05, 3.63) is 0 Å². The maximum atomic E-state index is 11.5. The summed E-state index contributed by atoms with van der Waals surface area (Å²) < 4.78 is 26.8. The molecule has 14 N–H and O–H groups in total. The van der Waals surface area contributed by atoms with E-state index in [2.05, 4.69) is 23.7 Å². The van der Waals surface area contributed by atoms with Crippen molar-refractivity contribution >= 4 is 35.8 Å². The number of cyclic esters (lactones) is 2. The standard InChI is InChI=1S/C9H12O8.C7H8O8.6H2O.Y/c1-14-5(10)3-9(6(11)7(12)15-2)8(13)16-4-17-9;8-3(9)1-7(4(10)5(11)12)6(13)14-2-15-7;;;;;;;/h6,11H,3-4H2,1-2H3;4,10H,1-2H2,(H,8,9)(H,11,12);6*1H2;/p-2. The zero-order valence-corrected chi connectivity index (χ0v) is 23.0. The van der Waals surface area contributed by atoms with Gasteiger partial charge in [0.15, 0.2) is 19.7 Å². The molecule has 39 heavy (non-hydrogen) atoms. The van der Waals surface area contributed by atoms with Gasteiger partial charge in [0, 0.05) is 45.1 Å². The second-order valence-corrected chi connectivity index (χ2v) is 6.12. The van der Waals surface area contributed by atoms with Crippen molar-refractivity contribution in [2.75, 3.05) is 27.8 Å². The van der Waals surface area contributed by atoms with Crippen LogP contribution in [0, 0.1) is 0 Å². The van der Waals surface area contributed by atoms with E-state index >= 15 is 0 Å². The third-order valence-electron chi connectivity index (χ3n) is 4.28. The van der Waals surface area contributed by atoms with Gasteiger partial charge in [-0.05, 0) is 0 Å². The molecular formula is C16H30O22Y-2. The number of esters is 4. The van der Waals surface area contributed by atoms with Gasteiger partial charge >= 0.3 is 23.9 Å². The van der Waals surface area contributed by atoms with E-state index in [0.717, 1.165) is 14.2 Å². The van der Waals surface area contributed by atoms with Crippen LogP contribution in [-0.4, -0.2) is 130 Å². The average Bonchev–Trinajstić information content (AvgIpc) is 3.29.